The third kappa shape index (κ3) is 3.57. The maximum Gasteiger partial charge on any atom is 0.416 e. The lowest BCUT2D eigenvalue weighted by atomic mass is 9.98. The Balaban J connectivity index is 1.53. The van der Waals surface area contributed by atoms with Gasteiger partial charge in [-0.25, -0.2) is 4.98 Å². The van der Waals surface area contributed by atoms with Crippen LogP contribution in [0.3, 0.4) is 0 Å². The third-order valence-electron chi connectivity index (χ3n) is 6.33. The molecule has 5 nitrogen and oxygen atoms in total. The number of halogens is 3. The van der Waals surface area contributed by atoms with Gasteiger partial charge in [0, 0.05) is 30.8 Å². The van der Waals surface area contributed by atoms with Gasteiger partial charge < -0.3 is 4.90 Å². The van der Waals surface area contributed by atoms with E-state index in [9.17, 15) is 22.8 Å². The summed E-state index contributed by atoms with van der Waals surface area (Å²) >= 11 is 0. The number of hydrogen-bond acceptors (Lipinski definition) is 3. The van der Waals surface area contributed by atoms with Crippen molar-refractivity contribution in [3.05, 3.63) is 69.3 Å². The van der Waals surface area contributed by atoms with Gasteiger partial charge in [0.25, 0.3) is 11.5 Å². The number of carbonyl (C=O) groups is 1. The highest BCUT2D eigenvalue weighted by Gasteiger charge is 2.33. The van der Waals surface area contributed by atoms with E-state index in [0.717, 1.165) is 43.6 Å². The largest absolute Gasteiger partial charge is 0.416 e. The molecule has 0 aliphatic carbocycles. The number of aromatic nitrogens is 2. The number of carbonyl (C=O) groups excluding carboxylic acids is 1. The average Bonchev–Trinajstić information content (AvgIpc) is 3.02. The summed E-state index contributed by atoms with van der Waals surface area (Å²) in [6.45, 7) is 1.08. The van der Waals surface area contributed by atoms with Gasteiger partial charge in [0.05, 0.1) is 16.5 Å². The minimum atomic E-state index is -4.42. The molecule has 8 heteroatoms. The van der Waals surface area contributed by atoms with Crippen molar-refractivity contribution in [1.82, 2.24) is 9.55 Å². The second-order valence-electron chi connectivity index (χ2n) is 8.43. The van der Waals surface area contributed by atoms with Crippen molar-refractivity contribution in [2.24, 2.45) is 0 Å². The fourth-order valence-electron chi connectivity index (χ4n) is 4.69. The molecule has 0 spiro atoms. The molecule has 0 saturated carbocycles. The summed E-state index contributed by atoms with van der Waals surface area (Å²) < 4.78 is 41.0. The van der Waals surface area contributed by atoms with Crippen molar-refractivity contribution in [2.75, 3.05) is 11.4 Å². The molecule has 0 fully saturated rings. The Morgan fingerprint density at radius 2 is 1.78 bits per heavy atom. The van der Waals surface area contributed by atoms with Gasteiger partial charge in [0.2, 0.25) is 0 Å². The van der Waals surface area contributed by atoms with Gasteiger partial charge in [-0.05, 0) is 67.6 Å². The molecule has 2 aromatic carbocycles. The molecule has 0 unspecified atom stereocenters. The van der Waals surface area contributed by atoms with Crippen LogP contribution in [0.4, 0.5) is 18.9 Å². The van der Waals surface area contributed by atoms with Gasteiger partial charge in [-0.1, -0.05) is 6.42 Å². The van der Waals surface area contributed by atoms with E-state index in [2.05, 4.69) is 4.98 Å². The first-order chi connectivity index (χ1) is 15.3. The van der Waals surface area contributed by atoms with Crippen LogP contribution in [0.1, 0.15) is 53.0 Å². The average molecular weight is 441 g/mol. The Labute approximate surface area is 182 Å². The Morgan fingerprint density at radius 3 is 2.59 bits per heavy atom. The monoisotopic (exact) mass is 441 g/mol. The molecule has 0 bridgehead atoms. The van der Waals surface area contributed by atoms with Crippen LogP contribution in [0, 0.1) is 0 Å². The molecule has 0 radical (unpaired) electrons. The minimum absolute atomic E-state index is 0.0890. The van der Waals surface area contributed by atoms with E-state index >= 15 is 0 Å². The second kappa shape index (κ2) is 7.76. The number of fused-ring (bicyclic) bond motifs is 3. The number of anilines is 1. The molecule has 1 aromatic heterocycles. The molecule has 5 rings (SSSR count). The van der Waals surface area contributed by atoms with Gasteiger partial charge in [-0.15, -0.1) is 0 Å². The highest BCUT2D eigenvalue weighted by atomic mass is 19.4. The zero-order valence-corrected chi connectivity index (χ0v) is 17.4. The molecule has 3 heterocycles. The van der Waals surface area contributed by atoms with E-state index in [1.54, 1.807) is 22.8 Å². The van der Waals surface area contributed by atoms with Crippen LogP contribution in [-0.2, 0) is 25.6 Å². The fourth-order valence-corrected chi connectivity index (χ4v) is 4.69. The molecular weight excluding hydrogens is 419 g/mol. The first kappa shape index (κ1) is 20.7. The van der Waals surface area contributed by atoms with E-state index in [0.29, 0.717) is 53.6 Å². The maximum absolute atomic E-state index is 13.3. The van der Waals surface area contributed by atoms with Gasteiger partial charge >= 0.3 is 6.18 Å². The molecule has 3 aromatic rings. The van der Waals surface area contributed by atoms with Crippen LogP contribution in [0.25, 0.3) is 10.9 Å². The highest BCUT2D eigenvalue weighted by molar-refractivity contribution is 6.08. The highest BCUT2D eigenvalue weighted by Crippen LogP contribution is 2.35. The van der Waals surface area contributed by atoms with Crippen molar-refractivity contribution in [2.45, 2.75) is 51.2 Å². The third-order valence-corrected chi connectivity index (χ3v) is 6.33. The lowest BCUT2D eigenvalue weighted by molar-refractivity contribution is -0.137. The Hall–Kier alpha value is -3.16. The van der Waals surface area contributed by atoms with Crippen LogP contribution in [0.2, 0.25) is 0 Å². The molecule has 1 amide bonds. The van der Waals surface area contributed by atoms with E-state index in [1.807, 2.05) is 0 Å². The smallest absolute Gasteiger partial charge is 0.308 e. The standard InChI is InChI=1S/C24H22F3N3O2/c25-24(26,27)17-8-10-20-15(13-17)5-4-12-29(20)22(31)16-7-9-18-19(14-16)28-21-6-2-1-3-11-30(21)23(18)32/h7-10,13-14H,1-6,11-12H2. The van der Waals surface area contributed by atoms with Crippen LogP contribution in [0.5, 0.6) is 0 Å². The number of nitrogens with zero attached hydrogens (tertiary/aromatic N) is 3. The first-order valence-corrected chi connectivity index (χ1v) is 10.9. The molecule has 32 heavy (non-hydrogen) atoms. The summed E-state index contributed by atoms with van der Waals surface area (Å²) in [6, 6.07) is 8.39. The Bertz CT molecular complexity index is 1280. The zero-order valence-electron chi connectivity index (χ0n) is 17.4. The SMILES string of the molecule is O=C(c1ccc2c(=O)n3c(nc2c1)CCCCC3)N1CCCc2cc(C(F)(F)F)ccc21. The molecule has 0 atom stereocenters. The summed E-state index contributed by atoms with van der Waals surface area (Å²) in [5.74, 6) is 0.442. The number of hydrogen-bond donors (Lipinski definition) is 0. The van der Waals surface area contributed by atoms with Crippen LogP contribution in [-0.4, -0.2) is 22.0 Å². The van der Waals surface area contributed by atoms with Crippen LogP contribution >= 0.6 is 0 Å². The summed E-state index contributed by atoms with van der Waals surface area (Å²) in [4.78, 5) is 32.4. The topological polar surface area (TPSA) is 55.2 Å². The van der Waals surface area contributed by atoms with Gasteiger partial charge in [-0.3, -0.25) is 14.2 Å². The molecule has 2 aliphatic rings. The van der Waals surface area contributed by atoms with Gasteiger partial charge in [0.1, 0.15) is 5.82 Å². The quantitative estimate of drug-likeness (QED) is 0.549. The van der Waals surface area contributed by atoms with Gasteiger partial charge in [-0.2, -0.15) is 13.2 Å². The lowest BCUT2D eigenvalue weighted by Crippen LogP contribution is -2.35. The summed E-state index contributed by atoms with van der Waals surface area (Å²) in [7, 11) is 0. The lowest BCUT2D eigenvalue weighted by Gasteiger charge is -2.30. The summed E-state index contributed by atoms with van der Waals surface area (Å²) in [6.07, 6.45) is 0.350. The minimum Gasteiger partial charge on any atom is -0.308 e. The summed E-state index contributed by atoms with van der Waals surface area (Å²) in [5, 5.41) is 0.473. The van der Waals surface area contributed by atoms with Crippen molar-refractivity contribution >= 4 is 22.5 Å². The van der Waals surface area contributed by atoms with E-state index in [4.69, 9.17) is 0 Å². The predicted octanol–water partition coefficient (Wildman–Crippen LogP) is 4.73. The molecule has 2 aliphatic heterocycles. The number of benzene rings is 2. The Kier molecular flexibility index (Phi) is 5.03. The van der Waals surface area contributed by atoms with Crippen molar-refractivity contribution in [3.8, 4) is 0 Å². The van der Waals surface area contributed by atoms with Crippen LogP contribution < -0.4 is 10.5 Å². The Morgan fingerprint density at radius 1 is 0.938 bits per heavy atom. The number of aryl methyl sites for hydroxylation is 2. The van der Waals surface area contributed by atoms with Crippen molar-refractivity contribution < 1.29 is 18.0 Å². The van der Waals surface area contributed by atoms with Crippen LogP contribution in [0.15, 0.2) is 41.2 Å². The van der Waals surface area contributed by atoms with E-state index in [-0.39, 0.29) is 11.5 Å². The predicted molar refractivity (Wildman–Crippen MR) is 115 cm³/mol. The first-order valence-electron chi connectivity index (χ1n) is 10.9. The zero-order chi connectivity index (χ0) is 22.5. The van der Waals surface area contributed by atoms with Crippen molar-refractivity contribution in [3.63, 3.8) is 0 Å². The normalized spacial score (nSPS) is 16.4. The number of alkyl halides is 3. The molecule has 166 valence electrons. The van der Waals surface area contributed by atoms with Crippen molar-refractivity contribution in [1.29, 1.82) is 0 Å². The number of rotatable bonds is 1. The fraction of sp³-hybridized carbons (Fsp3) is 0.375. The second-order valence-corrected chi connectivity index (χ2v) is 8.43. The maximum atomic E-state index is 13.3. The molecule has 0 saturated heterocycles. The van der Waals surface area contributed by atoms with E-state index in [1.165, 1.54) is 11.0 Å². The van der Waals surface area contributed by atoms with E-state index < -0.39 is 11.7 Å². The molecular formula is C24H22F3N3O2. The summed E-state index contributed by atoms with van der Waals surface area (Å²) in [5.41, 5.74) is 1.08. The molecule has 0 N–H and O–H groups in total. The van der Waals surface area contributed by atoms with Gasteiger partial charge in [0.15, 0.2) is 0 Å². The number of amides is 1.